The Morgan fingerprint density at radius 1 is 1.16 bits per heavy atom. The van der Waals surface area contributed by atoms with Crippen LogP contribution in [0, 0.1) is 0 Å². The lowest BCUT2D eigenvalue weighted by molar-refractivity contribution is -0.0797. The van der Waals surface area contributed by atoms with Gasteiger partial charge in [-0.25, -0.2) is 0 Å². The van der Waals surface area contributed by atoms with Crippen LogP contribution in [0.15, 0.2) is 34.9 Å². The van der Waals surface area contributed by atoms with E-state index in [1.165, 1.54) is 0 Å². The second-order valence-electron chi connectivity index (χ2n) is 5.68. The average Bonchev–Trinajstić information content (AvgIpc) is 2.82. The number of ether oxygens (including phenoxy) is 1. The third-order valence-corrected chi connectivity index (χ3v) is 4.26. The zero-order valence-electron chi connectivity index (χ0n) is 10.6. The van der Waals surface area contributed by atoms with Gasteiger partial charge in [0.1, 0.15) is 5.58 Å². The fraction of sp³-hybridized carbons (Fsp3) is 0.467. The van der Waals surface area contributed by atoms with Crippen LogP contribution in [0.1, 0.15) is 18.4 Å². The molecule has 4 rings (SSSR count). The molecule has 2 atom stereocenters. The van der Waals surface area contributed by atoms with Gasteiger partial charge in [-0.2, -0.15) is 0 Å². The molecule has 2 unspecified atom stereocenters. The number of nitrogens with one attached hydrogen (secondary N) is 1. The highest BCUT2D eigenvalue weighted by Gasteiger charge is 2.43. The van der Waals surface area contributed by atoms with E-state index in [1.807, 2.05) is 24.3 Å². The van der Waals surface area contributed by atoms with Gasteiger partial charge in [0.2, 0.25) is 0 Å². The SMILES string of the molecule is OC1(c2coc3ccccc23)CC2COCC(C1)N2. The lowest BCUT2D eigenvalue weighted by Gasteiger charge is -2.44. The molecule has 0 saturated carbocycles. The van der Waals surface area contributed by atoms with Crippen LogP contribution in [0.3, 0.4) is 0 Å². The molecule has 2 aliphatic rings. The molecule has 0 spiro atoms. The second kappa shape index (κ2) is 4.07. The van der Waals surface area contributed by atoms with Crippen LogP contribution in [0.4, 0.5) is 0 Å². The van der Waals surface area contributed by atoms with E-state index in [0.29, 0.717) is 26.1 Å². The lowest BCUT2D eigenvalue weighted by atomic mass is 9.78. The molecule has 4 heteroatoms. The molecule has 1 aromatic carbocycles. The molecule has 3 heterocycles. The Balaban J connectivity index is 1.78. The van der Waals surface area contributed by atoms with E-state index >= 15 is 0 Å². The van der Waals surface area contributed by atoms with E-state index in [2.05, 4.69) is 5.32 Å². The van der Waals surface area contributed by atoms with Crippen LogP contribution in [-0.4, -0.2) is 30.4 Å². The molecule has 100 valence electrons. The van der Waals surface area contributed by atoms with Gasteiger partial charge in [-0.05, 0) is 18.9 Å². The molecular weight excluding hydrogens is 242 g/mol. The van der Waals surface area contributed by atoms with Crippen molar-refractivity contribution in [3.05, 3.63) is 36.1 Å². The van der Waals surface area contributed by atoms with E-state index in [-0.39, 0.29) is 12.1 Å². The lowest BCUT2D eigenvalue weighted by Crippen LogP contribution is -2.58. The molecule has 4 nitrogen and oxygen atoms in total. The van der Waals surface area contributed by atoms with E-state index in [9.17, 15) is 5.11 Å². The molecule has 0 amide bonds. The first-order valence-corrected chi connectivity index (χ1v) is 6.77. The molecule has 2 aromatic rings. The molecular formula is C15H17NO3. The number of aliphatic hydroxyl groups is 1. The van der Waals surface area contributed by atoms with E-state index in [4.69, 9.17) is 9.15 Å². The van der Waals surface area contributed by atoms with Gasteiger partial charge in [0, 0.05) is 23.0 Å². The minimum atomic E-state index is -0.809. The summed E-state index contributed by atoms with van der Waals surface area (Å²) in [6.07, 6.45) is 3.06. The Morgan fingerprint density at radius 2 is 1.89 bits per heavy atom. The van der Waals surface area contributed by atoms with Crippen molar-refractivity contribution >= 4 is 11.0 Å². The molecule has 2 N–H and O–H groups in total. The van der Waals surface area contributed by atoms with Crippen LogP contribution in [0.2, 0.25) is 0 Å². The van der Waals surface area contributed by atoms with Gasteiger partial charge in [-0.3, -0.25) is 0 Å². The number of morpholine rings is 1. The monoisotopic (exact) mass is 259 g/mol. The summed E-state index contributed by atoms with van der Waals surface area (Å²) in [4.78, 5) is 0. The van der Waals surface area contributed by atoms with Crippen molar-refractivity contribution in [1.82, 2.24) is 5.32 Å². The number of hydrogen-bond donors (Lipinski definition) is 2. The minimum Gasteiger partial charge on any atom is -0.464 e. The summed E-state index contributed by atoms with van der Waals surface area (Å²) >= 11 is 0. The van der Waals surface area contributed by atoms with Crippen molar-refractivity contribution in [3.8, 4) is 0 Å². The zero-order valence-corrected chi connectivity index (χ0v) is 10.6. The summed E-state index contributed by atoms with van der Waals surface area (Å²) in [5.74, 6) is 0. The van der Waals surface area contributed by atoms with Gasteiger partial charge < -0.3 is 19.6 Å². The summed E-state index contributed by atoms with van der Waals surface area (Å²) in [6.45, 7) is 1.35. The number of furan rings is 1. The number of benzene rings is 1. The quantitative estimate of drug-likeness (QED) is 0.819. The molecule has 0 aliphatic carbocycles. The van der Waals surface area contributed by atoms with E-state index in [0.717, 1.165) is 16.5 Å². The highest BCUT2D eigenvalue weighted by molar-refractivity contribution is 5.81. The van der Waals surface area contributed by atoms with Crippen LogP contribution in [-0.2, 0) is 10.3 Å². The molecule has 2 saturated heterocycles. The van der Waals surface area contributed by atoms with Crippen molar-refractivity contribution in [2.45, 2.75) is 30.5 Å². The number of piperidine rings is 1. The van der Waals surface area contributed by atoms with Crippen molar-refractivity contribution in [3.63, 3.8) is 0 Å². The number of hydrogen-bond acceptors (Lipinski definition) is 4. The Bertz CT molecular complexity index is 594. The van der Waals surface area contributed by atoms with Crippen molar-refractivity contribution in [2.24, 2.45) is 0 Å². The van der Waals surface area contributed by atoms with Crippen LogP contribution >= 0.6 is 0 Å². The van der Waals surface area contributed by atoms with Crippen molar-refractivity contribution in [1.29, 1.82) is 0 Å². The molecule has 0 radical (unpaired) electrons. The summed E-state index contributed by atoms with van der Waals surface area (Å²) in [5.41, 5.74) is 0.948. The minimum absolute atomic E-state index is 0.228. The number of fused-ring (bicyclic) bond motifs is 3. The number of para-hydroxylation sites is 1. The Kier molecular flexibility index (Phi) is 2.45. The smallest absolute Gasteiger partial charge is 0.134 e. The largest absolute Gasteiger partial charge is 0.464 e. The maximum atomic E-state index is 11.1. The van der Waals surface area contributed by atoms with Crippen LogP contribution in [0.25, 0.3) is 11.0 Å². The van der Waals surface area contributed by atoms with Gasteiger partial charge in [-0.15, -0.1) is 0 Å². The summed E-state index contributed by atoms with van der Waals surface area (Å²) in [6, 6.07) is 8.34. The summed E-state index contributed by atoms with van der Waals surface area (Å²) in [7, 11) is 0. The van der Waals surface area contributed by atoms with Crippen molar-refractivity contribution in [2.75, 3.05) is 13.2 Å². The fourth-order valence-corrected chi connectivity index (χ4v) is 3.47. The molecule has 1 aromatic heterocycles. The maximum absolute atomic E-state index is 11.1. The third-order valence-electron chi connectivity index (χ3n) is 4.26. The van der Waals surface area contributed by atoms with Gasteiger partial charge in [0.15, 0.2) is 0 Å². The summed E-state index contributed by atoms with van der Waals surface area (Å²) in [5, 5.41) is 15.6. The molecule has 19 heavy (non-hydrogen) atoms. The highest BCUT2D eigenvalue weighted by Crippen LogP contribution is 2.40. The third kappa shape index (κ3) is 1.79. The zero-order chi connectivity index (χ0) is 12.9. The van der Waals surface area contributed by atoms with Crippen LogP contribution in [0.5, 0.6) is 0 Å². The normalized spacial score (nSPS) is 34.6. The topological polar surface area (TPSA) is 54.6 Å². The maximum Gasteiger partial charge on any atom is 0.134 e. The molecule has 2 aliphatic heterocycles. The first kappa shape index (κ1) is 11.5. The average molecular weight is 259 g/mol. The standard InChI is InChI=1S/C15H17NO3/c17-15(5-10-7-18-8-11(6-15)16-10)13-9-19-14-4-2-1-3-12(13)14/h1-4,9-11,16-17H,5-8H2. The highest BCUT2D eigenvalue weighted by atomic mass is 16.5. The number of rotatable bonds is 1. The second-order valence-corrected chi connectivity index (χ2v) is 5.68. The fourth-order valence-electron chi connectivity index (χ4n) is 3.47. The molecule has 2 fully saturated rings. The van der Waals surface area contributed by atoms with Crippen molar-refractivity contribution < 1.29 is 14.3 Å². The Labute approximate surface area is 111 Å². The Morgan fingerprint density at radius 3 is 2.68 bits per heavy atom. The van der Waals surface area contributed by atoms with Gasteiger partial charge in [0.05, 0.1) is 25.1 Å². The van der Waals surface area contributed by atoms with E-state index in [1.54, 1.807) is 6.26 Å². The van der Waals surface area contributed by atoms with Crippen LogP contribution < -0.4 is 5.32 Å². The Hall–Kier alpha value is -1.36. The van der Waals surface area contributed by atoms with Gasteiger partial charge in [-0.1, -0.05) is 18.2 Å². The first-order chi connectivity index (χ1) is 9.24. The predicted octanol–water partition coefficient (Wildman–Crippen LogP) is 1.77. The van der Waals surface area contributed by atoms with Gasteiger partial charge >= 0.3 is 0 Å². The van der Waals surface area contributed by atoms with E-state index < -0.39 is 5.60 Å². The first-order valence-electron chi connectivity index (χ1n) is 6.77. The molecule has 2 bridgehead atoms. The summed E-state index contributed by atoms with van der Waals surface area (Å²) < 4.78 is 11.1. The van der Waals surface area contributed by atoms with Gasteiger partial charge in [0.25, 0.3) is 0 Å². The predicted molar refractivity (Wildman–Crippen MR) is 70.9 cm³/mol.